The molecular weight excluding hydrogens is 354 g/mol. The van der Waals surface area contributed by atoms with Gasteiger partial charge in [-0.25, -0.2) is 4.39 Å². The molecule has 4 nitrogen and oxygen atoms in total. The Kier molecular flexibility index (Phi) is 5.65. The molecule has 0 spiro atoms. The molecule has 0 aliphatic carbocycles. The second kappa shape index (κ2) is 7.80. The van der Waals surface area contributed by atoms with E-state index in [1.807, 2.05) is 43.3 Å². The molecule has 0 saturated heterocycles. The second-order valence-corrected chi connectivity index (χ2v) is 6.36. The van der Waals surface area contributed by atoms with Gasteiger partial charge in [0.05, 0.1) is 18.0 Å². The smallest absolute Gasteiger partial charge is 0.548 e. The Morgan fingerprint density at radius 1 is 1.15 bits per heavy atom. The number of nitrogens with zero attached hydrogens (tertiary/aromatic N) is 2. The molecule has 0 fully saturated rings. The minimum atomic E-state index is -1.18. The number of aliphatic carboxylic acids is 1. The van der Waals surface area contributed by atoms with Gasteiger partial charge >= 0.3 is 29.6 Å². The molecule has 130 valence electrons. The number of halogens is 1. The number of carboxylic acid groups (broad SMARTS) is 1. The molecule has 0 N–H and O–H groups in total. The maximum atomic E-state index is 13.8. The summed E-state index contributed by atoms with van der Waals surface area (Å²) in [7, 11) is 0. The minimum Gasteiger partial charge on any atom is -0.548 e. The number of aromatic nitrogens is 2. The van der Waals surface area contributed by atoms with E-state index in [9.17, 15) is 14.3 Å². The third kappa shape index (κ3) is 3.76. The van der Waals surface area contributed by atoms with Crippen LogP contribution in [0.4, 0.5) is 4.39 Å². The SMILES string of the molecule is Cc1c(Cc2ccc3ccccc3n2)c2cc(F)ccc2n1CC(=O)[O-].[Na+]. The second-order valence-electron chi connectivity index (χ2n) is 6.36. The number of carbonyl (C=O) groups is 1. The van der Waals surface area contributed by atoms with Crippen molar-refractivity contribution in [2.45, 2.75) is 19.9 Å². The number of fused-ring (bicyclic) bond motifs is 2. The minimum absolute atomic E-state index is 0. The van der Waals surface area contributed by atoms with E-state index in [-0.39, 0.29) is 41.9 Å². The number of rotatable bonds is 4. The molecule has 0 bridgehead atoms. The third-order valence-corrected chi connectivity index (χ3v) is 4.72. The number of benzene rings is 2. The van der Waals surface area contributed by atoms with Crippen molar-refractivity contribution in [3.63, 3.8) is 0 Å². The summed E-state index contributed by atoms with van der Waals surface area (Å²) in [5, 5.41) is 12.9. The molecule has 2 heterocycles. The molecule has 0 radical (unpaired) electrons. The molecule has 0 unspecified atom stereocenters. The van der Waals surface area contributed by atoms with E-state index in [0.29, 0.717) is 17.3 Å². The first-order valence-electron chi connectivity index (χ1n) is 8.34. The van der Waals surface area contributed by atoms with E-state index in [1.54, 1.807) is 10.6 Å². The van der Waals surface area contributed by atoms with E-state index >= 15 is 0 Å². The molecule has 2 aromatic heterocycles. The monoisotopic (exact) mass is 370 g/mol. The van der Waals surface area contributed by atoms with E-state index in [1.165, 1.54) is 12.1 Å². The van der Waals surface area contributed by atoms with Crippen molar-refractivity contribution < 1.29 is 43.8 Å². The van der Waals surface area contributed by atoms with Crippen LogP contribution in [0.3, 0.4) is 0 Å². The van der Waals surface area contributed by atoms with Gasteiger partial charge in [-0.3, -0.25) is 4.98 Å². The number of hydrogen-bond donors (Lipinski definition) is 0. The predicted octanol–water partition coefficient (Wildman–Crippen LogP) is -0.0183. The van der Waals surface area contributed by atoms with E-state index in [4.69, 9.17) is 0 Å². The van der Waals surface area contributed by atoms with Gasteiger partial charge in [0.15, 0.2) is 0 Å². The molecule has 0 aliphatic rings. The fourth-order valence-corrected chi connectivity index (χ4v) is 3.47. The van der Waals surface area contributed by atoms with Crippen LogP contribution < -0.4 is 34.7 Å². The number of para-hydroxylation sites is 1. The van der Waals surface area contributed by atoms with Crippen molar-refractivity contribution in [2.24, 2.45) is 0 Å². The normalized spacial score (nSPS) is 10.9. The van der Waals surface area contributed by atoms with Crippen molar-refractivity contribution in [2.75, 3.05) is 0 Å². The standard InChI is InChI=1S/C21H17FN2O2.Na/c1-13-17(11-16-8-6-14-4-2-3-5-19(14)23-16)18-10-15(22)7-9-20(18)24(13)12-21(25)26;/h2-10H,11-12H2,1H3,(H,25,26);/q;+1/p-1. The van der Waals surface area contributed by atoms with Crippen molar-refractivity contribution in [1.82, 2.24) is 9.55 Å². The number of carboxylic acids is 1. The molecular formula is C21H16FN2NaO2. The summed E-state index contributed by atoms with van der Waals surface area (Å²) in [6.07, 6.45) is 0.497. The average molecular weight is 370 g/mol. The molecule has 0 aliphatic heterocycles. The first kappa shape index (κ1) is 19.5. The Morgan fingerprint density at radius 3 is 2.70 bits per heavy atom. The summed E-state index contributed by atoms with van der Waals surface area (Å²) in [5.74, 6) is -1.53. The third-order valence-electron chi connectivity index (χ3n) is 4.72. The first-order valence-corrected chi connectivity index (χ1v) is 8.34. The summed E-state index contributed by atoms with van der Waals surface area (Å²) in [6.45, 7) is 1.58. The predicted molar refractivity (Wildman–Crippen MR) is 96.2 cm³/mol. The van der Waals surface area contributed by atoms with Crippen LogP contribution in [0, 0.1) is 12.7 Å². The fourth-order valence-electron chi connectivity index (χ4n) is 3.47. The Hall–Kier alpha value is -2.21. The summed E-state index contributed by atoms with van der Waals surface area (Å²) < 4.78 is 15.5. The van der Waals surface area contributed by atoms with Gasteiger partial charge in [-0.1, -0.05) is 24.3 Å². The van der Waals surface area contributed by atoms with Gasteiger partial charge in [0.25, 0.3) is 0 Å². The van der Waals surface area contributed by atoms with Gasteiger partial charge < -0.3 is 14.5 Å². The Balaban J connectivity index is 0.00000210. The molecule has 6 heteroatoms. The van der Waals surface area contributed by atoms with Gasteiger partial charge in [-0.2, -0.15) is 0 Å². The van der Waals surface area contributed by atoms with Crippen LogP contribution in [0.15, 0.2) is 54.6 Å². The zero-order valence-electron chi connectivity index (χ0n) is 15.2. The van der Waals surface area contributed by atoms with Crippen molar-refractivity contribution in [3.05, 3.63) is 77.4 Å². The van der Waals surface area contributed by atoms with E-state index in [2.05, 4.69) is 4.98 Å². The largest absolute Gasteiger partial charge is 1.00 e. The van der Waals surface area contributed by atoms with Gasteiger partial charge in [-0.15, -0.1) is 0 Å². The molecule has 0 atom stereocenters. The first-order chi connectivity index (χ1) is 12.5. The molecule has 4 rings (SSSR count). The zero-order chi connectivity index (χ0) is 18.3. The number of hydrogen-bond acceptors (Lipinski definition) is 3. The molecule has 4 aromatic rings. The van der Waals surface area contributed by atoms with Gasteiger partial charge in [0.1, 0.15) is 5.82 Å². The fraction of sp³-hybridized carbons (Fsp3) is 0.143. The Labute approximate surface area is 177 Å². The average Bonchev–Trinajstić information content (AvgIpc) is 2.86. The summed E-state index contributed by atoms with van der Waals surface area (Å²) in [5.41, 5.74) is 4.09. The molecule has 2 aromatic carbocycles. The van der Waals surface area contributed by atoms with Gasteiger partial charge in [-0.05, 0) is 42.8 Å². The zero-order valence-corrected chi connectivity index (χ0v) is 17.2. The van der Waals surface area contributed by atoms with Crippen LogP contribution in [0.25, 0.3) is 21.8 Å². The topological polar surface area (TPSA) is 58.0 Å². The molecule has 0 saturated carbocycles. The number of carbonyl (C=O) groups excluding carboxylic acids is 1. The van der Waals surface area contributed by atoms with Crippen LogP contribution in [-0.4, -0.2) is 15.5 Å². The van der Waals surface area contributed by atoms with Crippen LogP contribution >= 0.6 is 0 Å². The summed E-state index contributed by atoms with van der Waals surface area (Å²) >= 11 is 0. The van der Waals surface area contributed by atoms with Crippen LogP contribution in [-0.2, 0) is 17.8 Å². The maximum Gasteiger partial charge on any atom is 1.00 e. The van der Waals surface area contributed by atoms with Crippen molar-refractivity contribution in [3.8, 4) is 0 Å². The quantitative estimate of drug-likeness (QED) is 0.475. The van der Waals surface area contributed by atoms with Gasteiger partial charge in [0.2, 0.25) is 0 Å². The van der Waals surface area contributed by atoms with Crippen molar-refractivity contribution in [1.29, 1.82) is 0 Å². The van der Waals surface area contributed by atoms with E-state index in [0.717, 1.165) is 27.9 Å². The summed E-state index contributed by atoms with van der Waals surface area (Å²) in [6, 6.07) is 16.2. The van der Waals surface area contributed by atoms with Gasteiger partial charge in [0, 0.05) is 34.1 Å². The van der Waals surface area contributed by atoms with Crippen molar-refractivity contribution >= 4 is 27.8 Å². The van der Waals surface area contributed by atoms with Crippen LogP contribution in [0.2, 0.25) is 0 Å². The Bertz CT molecular complexity index is 1150. The van der Waals surface area contributed by atoms with Crippen LogP contribution in [0.5, 0.6) is 0 Å². The molecule has 27 heavy (non-hydrogen) atoms. The number of pyridine rings is 1. The maximum absolute atomic E-state index is 13.8. The summed E-state index contributed by atoms with van der Waals surface area (Å²) in [4.78, 5) is 15.8. The van der Waals surface area contributed by atoms with E-state index < -0.39 is 5.97 Å². The van der Waals surface area contributed by atoms with Crippen LogP contribution in [0.1, 0.15) is 17.0 Å². The molecule has 0 amide bonds. The Morgan fingerprint density at radius 2 is 1.93 bits per heavy atom.